The number of hydrogen-bond donors (Lipinski definition) is 2. The fourth-order valence-corrected chi connectivity index (χ4v) is 2.49. The van der Waals surface area contributed by atoms with Crippen molar-refractivity contribution in [1.29, 1.82) is 0 Å². The first-order chi connectivity index (χ1) is 10.1. The monoisotopic (exact) mass is 285 g/mol. The minimum absolute atomic E-state index is 0.108. The van der Waals surface area contributed by atoms with Crippen LogP contribution in [0.1, 0.15) is 28.8 Å². The van der Waals surface area contributed by atoms with Gasteiger partial charge in [-0.1, -0.05) is 24.0 Å². The van der Waals surface area contributed by atoms with Crippen LogP contribution in [0.25, 0.3) is 0 Å². The molecule has 1 fully saturated rings. The summed E-state index contributed by atoms with van der Waals surface area (Å²) in [6.07, 6.45) is 1.53. The zero-order valence-electron chi connectivity index (χ0n) is 11.8. The molecule has 0 bridgehead atoms. The van der Waals surface area contributed by atoms with E-state index in [1.807, 2.05) is 6.07 Å². The normalized spacial score (nSPS) is 17.8. The third-order valence-corrected chi connectivity index (χ3v) is 3.59. The molecule has 1 unspecified atom stereocenters. The van der Waals surface area contributed by atoms with Crippen molar-refractivity contribution < 1.29 is 9.59 Å². The molecular weight excluding hydrogens is 266 g/mol. The van der Waals surface area contributed by atoms with Gasteiger partial charge in [0.05, 0.1) is 18.0 Å². The zero-order chi connectivity index (χ0) is 15.2. The molecule has 2 rings (SSSR count). The molecule has 0 radical (unpaired) electrons. The van der Waals surface area contributed by atoms with Crippen LogP contribution in [0.3, 0.4) is 0 Å². The van der Waals surface area contributed by atoms with E-state index in [2.05, 4.69) is 11.8 Å². The quantitative estimate of drug-likeness (QED) is 0.768. The first-order valence-electron chi connectivity index (χ1n) is 7.00. The minimum Gasteiger partial charge on any atom is -0.369 e. The average Bonchev–Trinajstić information content (AvgIpc) is 2.52. The van der Waals surface area contributed by atoms with Crippen LogP contribution in [0.2, 0.25) is 0 Å². The van der Waals surface area contributed by atoms with Gasteiger partial charge >= 0.3 is 0 Å². The summed E-state index contributed by atoms with van der Waals surface area (Å²) in [6.45, 7) is 1.27. The number of hydrogen-bond acceptors (Lipinski definition) is 3. The first-order valence-corrected chi connectivity index (χ1v) is 7.00. The van der Waals surface area contributed by atoms with Gasteiger partial charge in [0, 0.05) is 18.7 Å². The van der Waals surface area contributed by atoms with Crippen LogP contribution >= 0.6 is 0 Å². The lowest BCUT2D eigenvalue weighted by molar-refractivity contribution is -0.123. The van der Waals surface area contributed by atoms with E-state index < -0.39 is 0 Å². The van der Waals surface area contributed by atoms with Gasteiger partial charge in [0.15, 0.2) is 0 Å². The van der Waals surface area contributed by atoms with Crippen molar-refractivity contribution in [2.75, 3.05) is 19.6 Å². The molecular formula is C16H19N3O2. The van der Waals surface area contributed by atoms with E-state index in [-0.39, 0.29) is 24.3 Å². The average molecular weight is 285 g/mol. The minimum atomic E-state index is -0.344. The Kier molecular flexibility index (Phi) is 4.96. The second-order valence-electron chi connectivity index (χ2n) is 5.04. The Bertz CT molecular complexity index is 601. The molecule has 5 heteroatoms. The number of carbonyl (C=O) groups is 2. The molecule has 1 aliphatic rings. The third kappa shape index (κ3) is 3.61. The summed E-state index contributed by atoms with van der Waals surface area (Å²) < 4.78 is 0. The summed E-state index contributed by atoms with van der Waals surface area (Å²) in [5.41, 5.74) is 11.9. The van der Waals surface area contributed by atoms with Gasteiger partial charge in [0.1, 0.15) is 0 Å². The Hall–Kier alpha value is -2.32. The molecule has 1 aliphatic heterocycles. The number of carbonyl (C=O) groups excluding carboxylic acids is 2. The molecule has 1 atom stereocenters. The largest absolute Gasteiger partial charge is 0.369 e. The zero-order valence-corrected chi connectivity index (χ0v) is 11.8. The van der Waals surface area contributed by atoms with E-state index in [1.165, 1.54) is 0 Å². The van der Waals surface area contributed by atoms with Crippen molar-refractivity contribution >= 4 is 11.8 Å². The van der Waals surface area contributed by atoms with E-state index in [4.69, 9.17) is 11.5 Å². The Morgan fingerprint density at radius 1 is 1.33 bits per heavy atom. The van der Waals surface area contributed by atoms with E-state index in [1.54, 1.807) is 23.1 Å². The van der Waals surface area contributed by atoms with E-state index in [9.17, 15) is 9.59 Å². The lowest BCUT2D eigenvalue weighted by Crippen LogP contribution is -2.44. The Balaban J connectivity index is 2.22. The van der Waals surface area contributed by atoms with E-state index in [0.29, 0.717) is 24.2 Å². The number of benzene rings is 1. The highest BCUT2D eigenvalue weighted by Crippen LogP contribution is 2.19. The molecule has 110 valence electrons. The van der Waals surface area contributed by atoms with Gasteiger partial charge in [0.2, 0.25) is 5.91 Å². The molecule has 0 aromatic heterocycles. The van der Waals surface area contributed by atoms with Crippen molar-refractivity contribution in [3.05, 3.63) is 35.4 Å². The molecule has 1 aromatic rings. The highest BCUT2D eigenvalue weighted by Gasteiger charge is 2.28. The Labute approximate surface area is 124 Å². The maximum atomic E-state index is 12.6. The van der Waals surface area contributed by atoms with Crippen molar-refractivity contribution in [2.45, 2.75) is 12.8 Å². The van der Waals surface area contributed by atoms with Crippen LogP contribution in [0.4, 0.5) is 0 Å². The highest BCUT2D eigenvalue weighted by molar-refractivity contribution is 5.97. The topological polar surface area (TPSA) is 89.4 Å². The first kappa shape index (κ1) is 15.1. The van der Waals surface area contributed by atoms with Gasteiger partial charge in [-0.3, -0.25) is 9.59 Å². The number of nitrogens with zero attached hydrogens (tertiary/aromatic N) is 1. The molecule has 2 amide bonds. The lowest BCUT2D eigenvalue weighted by atomic mass is 9.96. The van der Waals surface area contributed by atoms with Gasteiger partial charge in [-0.25, -0.2) is 0 Å². The smallest absolute Gasteiger partial charge is 0.255 e. The summed E-state index contributed by atoms with van der Waals surface area (Å²) in [4.78, 5) is 25.6. The second kappa shape index (κ2) is 6.91. The van der Waals surface area contributed by atoms with Crippen molar-refractivity contribution in [3.63, 3.8) is 0 Å². The number of amides is 2. The van der Waals surface area contributed by atoms with Crippen molar-refractivity contribution in [2.24, 2.45) is 17.4 Å². The molecule has 0 spiro atoms. The number of likely N-dealkylation sites (tertiary alicyclic amines) is 1. The third-order valence-electron chi connectivity index (χ3n) is 3.59. The van der Waals surface area contributed by atoms with Crippen LogP contribution in [0.5, 0.6) is 0 Å². The van der Waals surface area contributed by atoms with Gasteiger partial charge in [0.25, 0.3) is 5.91 Å². The van der Waals surface area contributed by atoms with Gasteiger partial charge in [-0.2, -0.15) is 0 Å². The standard InChI is InChI=1S/C16H19N3O2/c17-9-3-6-12-5-1-2-8-14(12)16(21)19-10-4-7-13(11-19)15(18)20/h1-2,5,8,13H,4,7,9-11,17H2,(H2,18,20). The molecule has 5 nitrogen and oxygen atoms in total. The van der Waals surface area contributed by atoms with E-state index in [0.717, 1.165) is 12.8 Å². The fraction of sp³-hybridized carbons (Fsp3) is 0.375. The van der Waals surface area contributed by atoms with Crippen LogP contribution in [0, 0.1) is 17.8 Å². The highest BCUT2D eigenvalue weighted by atomic mass is 16.2. The number of rotatable bonds is 2. The van der Waals surface area contributed by atoms with Crippen LogP contribution in [-0.4, -0.2) is 36.3 Å². The number of piperidine rings is 1. The van der Waals surface area contributed by atoms with Crippen molar-refractivity contribution in [3.8, 4) is 11.8 Å². The maximum absolute atomic E-state index is 12.6. The number of primary amides is 1. The predicted molar refractivity (Wildman–Crippen MR) is 80.2 cm³/mol. The summed E-state index contributed by atoms with van der Waals surface area (Å²) >= 11 is 0. The maximum Gasteiger partial charge on any atom is 0.255 e. The SMILES string of the molecule is NCC#Cc1ccccc1C(=O)N1CCCC(C(N)=O)C1. The summed E-state index contributed by atoms with van der Waals surface area (Å²) in [6, 6.07) is 7.18. The lowest BCUT2D eigenvalue weighted by Gasteiger charge is -2.31. The predicted octanol–water partition coefficient (Wildman–Crippen LogP) is 0.334. The molecule has 4 N–H and O–H groups in total. The molecule has 0 aliphatic carbocycles. The van der Waals surface area contributed by atoms with Crippen LogP contribution in [-0.2, 0) is 4.79 Å². The molecule has 21 heavy (non-hydrogen) atoms. The van der Waals surface area contributed by atoms with E-state index >= 15 is 0 Å². The van der Waals surface area contributed by atoms with Gasteiger partial charge < -0.3 is 16.4 Å². The number of nitrogens with two attached hydrogens (primary N) is 2. The second-order valence-corrected chi connectivity index (χ2v) is 5.04. The molecule has 1 aromatic carbocycles. The molecule has 0 saturated carbocycles. The van der Waals surface area contributed by atoms with Gasteiger partial charge in [-0.05, 0) is 25.0 Å². The summed E-state index contributed by atoms with van der Waals surface area (Å²) in [5, 5.41) is 0. The Morgan fingerprint density at radius 2 is 2.10 bits per heavy atom. The fourth-order valence-electron chi connectivity index (χ4n) is 2.49. The molecule has 1 heterocycles. The Morgan fingerprint density at radius 3 is 2.81 bits per heavy atom. The van der Waals surface area contributed by atoms with Crippen LogP contribution < -0.4 is 11.5 Å². The summed E-state index contributed by atoms with van der Waals surface area (Å²) in [7, 11) is 0. The summed E-state index contributed by atoms with van der Waals surface area (Å²) in [5.74, 6) is 4.96. The van der Waals surface area contributed by atoms with Crippen molar-refractivity contribution in [1.82, 2.24) is 4.90 Å². The molecule has 1 saturated heterocycles. The van der Waals surface area contributed by atoms with Gasteiger partial charge in [-0.15, -0.1) is 0 Å². The van der Waals surface area contributed by atoms with Crippen LogP contribution in [0.15, 0.2) is 24.3 Å².